The van der Waals surface area contributed by atoms with Crippen molar-refractivity contribution in [3.05, 3.63) is 83.4 Å². The van der Waals surface area contributed by atoms with E-state index in [1.807, 2.05) is 36.4 Å². The standard InChI is InChI=1S/C25H24F2N2O4/c1-15(29-22(30)12-17-10-20(26)13-21(27)11-17)23(31)25(28,24(32)33-2)14-16-7-8-18-5-3-4-6-19(18)9-16/h3-11,13,15H,12,14,28H2,1-2H3,(H,29,30)/t15-,25-/m0/s1. The van der Waals surface area contributed by atoms with Gasteiger partial charge in [0, 0.05) is 12.5 Å². The average molecular weight is 454 g/mol. The monoisotopic (exact) mass is 454 g/mol. The fourth-order valence-electron chi connectivity index (χ4n) is 3.76. The van der Waals surface area contributed by atoms with E-state index in [9.17, 15) is 23.2 Å². The number of carbonyl (C=O) groups excluding carboxylic acids is 3. The fourth-order valence-corrected chi connectivity index (χ4v) is 3.76. The van der Waals surface area contributed by atoms with Gasteiger partial charge in [-0.05, 0) is 41.0 Å². The Morgan fingerprint density at radius 3 is 2.24 bits per heavy atom. The van der Waals surface area contributed by atoms with Gasteiger partial charge in [0.15, 0.2) is 11.3 Å². The summed E-state index contributed by atoms with van der Waals surface area (Å²) in [4.78, 5) is 38.1. The summed E-state index contributed by atoms with van der Waals surface area (Å²) in [5, 5.41) is 4.35. The zero-order valence-corrected chi connectivity index (χ0v) is 18.2. The first-order valence-corrected chi connectivity index (χ1v) is 10.3. The van der Waals surface area contributed by atoms with Gasteiger partial charge in [-0.25, -0.2) is 13.6 Å². The largest absolute Gasteiger partial charge is 0.467 e. The molecule has 0 saturated carbocycles. The second kappa shape index (κ2) is 9.87. The molecule has 0 saturated heterocycles. The average Bonchev–Trinajstić information content (AvgIpc) is 2.76. The van der Waals surface area contributed by atoms with Gasteiger partial charge in [0.25, 0.3) is 0 Å². The van der Waals surface area contributed by atoms with Crippen LogP contribution in [0.1, 0.15) is 18.1 Å². The number of nitrogens with two attached hydrogens (primary N) is 1. The van der Waals surface area contributed by atoms with Crippen molar-refractivity contribution in [3.63, 3.8) is 0 Å². The van der Waals surface area contributed by atoms with E-state index in [2.05, 4.69) is 5.32 Å². The lowest BCUT2D eigenvalue weighted by atomic mass is 9.84. The Morgan fingerprint density at radius 2 is 1.61 bits per heavy atom. The van der Waals surface area contributed by atoms with Gasteiger partial charge < -0.3 is 15.8 Å². The Balaban J connectivity index is 1.77. The SMILES string of the molecule is COC(=O)[C@](N)(Cc1ccc2ccccc2c1)C(=O)[C@H](C)NC(=O)Cc1cc(F)cc(F)c1. The molecule has 0 radical (unpaired) electrons. The van der Waals surface area contributed by atoms with Gasteiger partial charge in [-0.3, -0.25) is 9.59 Å². The number of Topliss-reactive ketones (excluding diaryl/α,β-unsaturated/α-hetero) is 1. The third-order valence-corrected chi connectivity index (χ3v) is 5.34. The van der Waals surface area contributed by atoms with E-state index in [4.69, 9.17) is 10.5 Å². The molecule has 0 aliphatic carbocycles. The van der Waals surface area contributed by atoms with E-state index in [0.717, 1.165) is 30.0 Å². The molecule has 3 rings (SSSR count). The number of fused-ring (bicyclic) bond motifs is 1. The van der Waals surface area contributed by atoms with E-state index in [-0.39, 0.29) is 18.4 Å². The van der Waals surface area contributed by atoms with Crippen molar-refractivity contribution in [2.75, 3.05) is 7.11 Å². The first-order valence-electron chi connectivity index (χ1n) is 10.3. The van der Waals surface area contributed by atoms with Crippen LogP contribution in [0.3, 0.4) is 0 Å². The maximum atomic E-state index is 13.4. The van der Waals surface area contributed by atoms with Crippen LogP contribution in [-0.4, -0.2) is 36.4 Å². The number of hydrogen-bond acceptors (Lipinski definition) is 5. The number of esters is 1. The van der Waals surface area contributed by atoms with Crippen molar-refractivity contribution in [1.29, 1.82) is 0 Å². The maximum Gasteiger partial charge on any atom is 0.334 e. The Labute approximate surface area is 189 Å². The summed E-state index contributed by atoms with van der Waals surface area (Å²) in [7, 11) is 1.12. The molecule has 0 aliphatic rings. The molecule has 0 spiro atoms. The van der Waals surface area contributed by atoms with Crippen LogP contribution in [0.4, 0.5) is 8.78 Å². The number of methoxy groups -OCH3 is 1. The van der Waals surface area contributed by atoms with Crippen LogP contribution in [0.5, 0.6) is 0 Å². The van der Waals surface area contributed by atoms with Gasteiger partial charge in [-0.1, -0.05) is 42.5 Å². The minimum Gasteiger partial charge on any atom is -0.467 e. The number of amides is 1. The van der Waals surface area contributed by atoms with Crippen molar-refractivity contribution in [2.24, 2.45) is 5.73 Å². The molecule has 0 bridgehead atoms. The molecule has 33 heavy (non-hydrogen) atoms. The van der Waals surface area contributed by atoms with Crippen molar-refractivity contribution in [1.82, 2.24) is 5.32 Å². The topological polar surface area (TPSA) is 98.5 Å². The van der Waals surface area contributed by atoms with Crippen molar-refractivity contribution in [3.8, 4) is 0 Å². The van der Waals surface area contributed by atoms with Gasteiger partial charge >= 0.3 is 5.97 Å². The Bertz CT molecular complexity index is 1190. The molecular weight excluding hydrogens is 430 g/mol. The summed E-state index contributed by atoms with van der Waals surface area (Å²) in [6, 6.07) is 14.6. The van der Waals surface area contributed by atoms with Crippen LogP contribution in [-0.2, 0) is 32.0 Å². The molecule has 3 N–H and O–H groups in total. The number of carbonyl (C=O) groups is 3. The summed E-state index contributed by atoms with van der Waals surface area (Å²) in [5.41, 5.74) is 4.97. The number of ketones is 1. The fraction of sp³-hybridized carbons (Fsp3) is 0.240. The molecule has 1 amide bonds. The first-order chi connectivity index (χ1) is 15.6. The van der Waals surface area contributed by atoms with E-state index in [0.29, 0.717) is 11.6 Å². The molecule has 0 aromatic heterocycles. The molecule has 0 fully saturated rings. The van der Waals surface area contributed by atoms with Crippen molar-refractivity contribution >= 4 is 28.4 Å². The summed E-state index contributed by atoms with van der Waals surface area (Å²) < 4.78 is 31.5. The highest BCUT2D eigenvalue weighted by Crippen LogP contribution is 2.21. The van der Waals surface area contributed by atoms with Gasteiger partial charge in [-0.2, -0.15) is 0 Å². The predicted octanol–water partition coefficient (Wildman–Crippen LogP) is 2.85. The van der Waals surface area contributed by atoms with E-state index >= 15 is 0 Å². The third-order valence-electron chi connectivity index (χ3n) is 5.34. The summed E-state index contributed by atoms with van der Waals surface area (Å²) in [5.74, 6) is -3.97. The summed E-state index contributed by atoms with van der Waals surface area (Å²) in [6.45, 7) is 1.39. The second-order valence-corrected chi connectivity index (χ2v) is 7.93. The van der Waals surface area contributed by atoms with E-state index in [1.54, 1.807) is 6.07 Å². The lowest BCUT2D eigenvalue weighted by Crippen LogP contribution is -2.62. The first kappa shape index (κ1) is 24.0. The smallest absolute Gasteiger partial charge is 0.334 e. The van der Waals surface area contributed by atoms with E-state index in [1.165, 1.54) is 6.92 Å². The second-order valence-electron chi connectivity index (χ2n) is 7.93. The van der Waals surface area contributed by atoms with Gasteiger partial charge in [0.05, 0.1) is 19.6 Å². The molecule has 172 valence electrons. The molecule has 3 aromatic rings. The van der Waals surface area contributed by atoms with Gasteiger partial charge in [0.1, 0.15) is 11.6 Å². The Hall–Kier alpha value is -3.65. The maximum absolute atomic E-state index is 13.4. The van der Waals surface area contributed by atoms with Crippen LogP contribution in [0.25, 0.3) is 10.8 Å². The number of halogens is 2. The van der Waals surface area contributed by atoms with Gasteiger partial charge in [0.2, 0.25) is 5.91 Å². The lowest BCUT2D eigenvalue weighted by molar-refractivity contribution is -0.152. The highest BCUT2D eigenvalue weighted by Gasteiger charge is 2.45. The highest BCUT2D eigenvalue weighted by molar-refractivity contribution is 6.11. The highest BCUT2D eigenvalue weighted by atomic mass is 19.1. The van der Waals surface area contributed by atoms with Crippen LogP contribution < -0.4 is 11.1 Å². The van der Waals surface area contributed by atoms with Crippen molar-refractivity contribution in [2.45, 2.75) is 31.3 Å². The molecule has 3 aromatic carbocycles. The number of hydrogen-bond donors (Lipinski definition) is 2. The molecular formula is C25H24F2N2O4. The zero-order chi connectivity index (χ0) is 24.2. The van der Waals surface area contributed by atoms with Crippen LogP contribution in [0.2, 0.25) is 0 Å². The van der Waals surface area contributed by atoms with Crippen LogP contribution in [0.15, 0.2) is 60.7 Å². The number of benzene rings is 3. The van der Waals surface area contributed by atoms with Crippen molar-refractivity contribution < 1.29 is 27.9 Å². The third kappa shape index (κ3) is 5.59. The normalized spacial score (nSPS) is 13.7. The minimum atomic E-state index is -2.05. The number of ether oxygens (including phenoxy) is 1. The molecule has 2 atom stereocenters. The van der Waals surface area contributed by atoms with Gasteiger partial charge in [-0.15, -0.1) is 0 Å². The predicted molar refractivity (Wildman–Crippen MR) is 119 cm³/mol. The lowest BCUT2D eigenvalue weighted by Gasteiger charge is -2.28. The summed E-state index contributed by atoms with van der Waals surface area (Å²) in [6.07, 6.45) is -0.495. The Morgan fingerprint density at radius 1 is 0.970 bits per heavy atom. The summed E-state index contributed by atoms with van der Waals surface area (Å²) >= 11 is 0. The molecule has 0 aliphatic heterocycles. The quantitative estimate of drug-likeness (QED) is 0.403. The Kier molecular flexibility index (Phi) is 7.18. The minimum absolute atomic E-state index is 0.104. The van der Waals surface area contributed by atoms with Crippen LogP contribution in [0, 0.1) is 11.6 Å². The zero-order valence-electron chi connectivity index (χ0n) is 18.2. The molecule has 8 heteroatoms. The molecule has 0 heterocycles. The molecule has 0 unspecified atom stereocenters. The van der Waals surface area contributed by atoms with Crippen LogP contribution >= 0.6 is 0 Å². The van der Waals surface area contributed by atoms with E-state index < -0.39 is 40.9 Å². The number of rotatable bonds is 8. The number of nitrogens with one attached hydrogen (secondary N) is 1. The molecule has 6 nitrogen and oxygen atoms in total.